The molecule has 2 heteroatoms. The van der Waals surface area contributed by atoms with Gasteiger partial charge in [0.05, 0.1) is 0 Å². The zero-order chi connectivity index (χ0) is 15.9. The van der Waals surface area contributed by atoms with E-state index in [1.165, 1.54) is 25.7 Å². The average Bonchev–Trinajstić information content (AvgIpc) is 3.17. The Labute approximate surface area is 137 Å². The first-order chi connectivity index (χ1) is 11.2. The van der Waals surface area contributed by atoms with E-state index >= 15 is 0 Å². The molecule has 2 N–H and O–H groups in total. The number of para-hydroxylation sites is 2. The molecule has 2 aromatic carbocycles. The lowest BCUT2D eigenvalue weighted by molar-refractivity contribution is 0.225. The summed E-state index contributed by atoms with van der Waals surface area (Å²) in [6.45, 7) is 0. The van der Waals surface area contributed by atoms with Crippen LogP contribution in [0.25, 0.3) is 0 Å². The maximum atomic E-state index is 10.4. The van der Waals surface area contributed by atoms with Crippen molar-refractivity contribution in [3.63, 3.8) is 0 Å². The smallest absolute Gasteiger partial charge is 0.119 e. The van der Waals surface area contributed by atoms with Crippen LogP contribution in [0.4, 0.5) is 0 Å². The van der Waals surface area contributed by atoms with Gasteiger partial charge in [-0.25, -0.2) is 0 Å². The number of hydrogen-bond donors (Lipinski definition) is 2. The molecule has 4 rings (SSSR count). The third-order valence-electron chi connectivity index (χ3n) is 6.28. The SMILES string of the molecule is Oc1ccccc1[C@@H]1CCCC12CCC[C@H]2c1ccccc1O. The fourth-order valence-electron chi connectivity index (χ4n) is 5.41. The van der Waals surface area contributed by atoms with Crippen molar-refractivity contribution in [2.24, 2.45) is 5.41 Å². The highest BCUT2D eigenvalue weighted by molar-refractivity contribution is 5.42. The fraction of sp³-hybridized carbons (Fsp3) is 0.429. The van der Waals surface area contributed by atoms with Crippen LogP contribution < -0.4 is 0 Å². The van der Waals surface area contributed by atoms with Crippen LogP contribution >= 0.6 is 0 Å². The zero-order valence-electron chi connectivity index (χ0n) is 13.4. The van der Waals surface area contributed by atoms with Crippen LogP contribution in [0, 0.1) is 5.41 Å². The summed E-state index contributed by atoms with van der Waals surface area (Å²) in [5.41, 5.74) is 2.40. The van der Waals surface area contributed by atoms with E-state index in [-0.39, 0.29) is 5.41 Å². The van der Waals surface area contributed by atoms with E-state index in [1.807, 2.05) is 36.4 Å². The molecule has 2 aliphatic carbocycles. The lowest BCUT2D eigenvalue weighted by atomic mass is 9.65. The van der Waals surface area contributed by atoms with Crippen LogP contribution in [0.3, 0.4) is 0 Å². The van der Waals surface area contributed by atoms with E-state index in [9.17, 15) is 10.2 Å². The molecule has 2 aliphatic rings. The van der Waals surface area contributed by atoms with Crippen molar-refractivity contribution in [3.05, 3.63) is 59.7 Å². The Balaban J connectivity index is 1.79. The largest absolute Gasteiger partial charge is 0.508 e. The van der Waals surface area contributed by atoms with Gasteiger partial charge in [0, 0.05) is 0 Å². The van der Waals surface area contributed by atoms with Gasteiger partial charge in [-0.2, -0.15) is 0 Å². The minimum absolute atomic E-state index is 0.192. The Morgan fingerprint density at radius 1 is 0.696 bits per heavy atom. The normalized spacial score (nSPS) is 25.9. The minimum Gasteiger partial charge on any atom is -0.508 e. The summed E-state index contributed by atoms with van der Waals surface area (Å²) >= 11 is 0. The first-order valence-corrected chi connectivity index (χ1v) is 8.78. The Hall–Kier alpha value is -1.96. The molecule has 0 unspecified atom stereocenters. The standard InChI is InChI=1S/C21H24O2/c22-19-11-3-1-7-15(19)17-9-5-13-21(17)14-6-10-18(21)16-8-2-4-12-20(16)23/h1-4,7-8,11-12,17-18,22-23H,5-6,9-10,13-14H2/t17-,18-,21?/m0/s1. The summed E-state index contributed by atoms with van der Waals surface area (Å²) in [5, 5.41) is 20.8. The Morgan fingerprint density at radius 2 is 1.13 bits per heavy atom. The second-order valence-corrected chi connectivity index (χ2v) is 7.24. The van der Waals surface area contributed by atoms with E-state index in [0.717, 1.165) is 24.0 Å². The topological polar surface area (TPSA) is 40.5 Å². The monoisotopic (exact) mass is 308 g/mol. The second kappa shape index (κ2) is 5.59. The van der Waals surface area contributed by atoms with Crippen LogP contribution in [0.2, 0.25) is 0 Å². The number of benzene rings is 2. The highest BCUT2D eigenvalue weighted by Crippen LogP contribution is 2.65. The van der Waals surface area contributed by atoms with Crippen molar-refractivity contribution in [2.45, 2.75) is 50.4 Å². The van der Waals surface area contributed by atoms with Crippen LogP contribution in [0.1, 0.15) is 61.5 Å². The molecule has 2 nitrogen and oxygen atoms in total. The third kappa shape index (κ3) is 2.23. The molecule has 2 aromatic rings. The molecule has 23 heavy (non-hydrogen) atoms. The van der Waals surface area contributed by atoms with Gasteiger partial charge in [-0.15, -0.1) is 0 Å². The Kier molecular flexibility index (Phi) is 3.56. The first-order valence-electron chi connectivity index (χ1n) is 8.78. The van der Waals surface area contributed by atoms with Gasteiger partial charge in [0.1, 0.15) is 11.5 Å². The molecule has 0 saturated heterocycles. The van der Waals surface area contributed by atoms with Gasteiger partial charge in [-0.3, -0.25) is 0 Å². The minimum atomic E-state index is 0.192. The van der Waals surface area contributed by atoms with Gasteiger partial charge < -0.3 is 10.2 Å². The van der Waals surface area contributed by atoms with Crippen LogP contribution in [0.5, 0.6) is 11.5 Å². The number of aromatic hydroxyl groups is 2. The highest BCUT2D eigenvalue weighted by atomic mass is 16.3. The van der Waals surface area contributed by atoms with Gasteiger partial charge in [0.2, 0.25) is 0 Å². The molecule has 0 bridgehead atoms. The van der Waals surface area contributed by atoms with E-state index in [1.54, 1.807) is 0 Å². The van der Waals surface area contributed by atoms with Gasteiger partial charge in [0.25, 0.3) is 0 Å². The van der Waals surface area contributed by atoms with E-state index < -0.39 is 0 Å². The van der Waals surface area contributed by atoms with Crippen molar-refractivity contribution in [2.75, 3.05) is 0 Å². The fourth-order valence-corrected chi connectivity index (χ4v) is 5.41. The third-order valence-corrected chi connectivity index (χ3v) is 6.28. The van der Waals surface area contributed by atoms with Crippen molar-refractivity contribution < 1.29 is 10.2 Å². The van der Waals surface area contributed by atoms with Crippen LogP contribution in [-0.4, -0.2) is 10.2 Å². The van der Waals surface area contributed by atoms with Crippen molar-refractivity contribution in [3.8, 4) is 11.5 Å². The molecular formula is C21H24O2. The maximum Gasteiger partial charge on any atom is 0.119 e. The summed E-state index contributed by atoms with van der Waals surface area (Å²) in [6.07, 6.45) is 7.10. The molecule has 0 aliphatic heterocycles. The Bertz CT molecular complexity index is 645. The van der Waals surface area contributed by atoms with Crippen LogP contribution in [0.15, 0.2) is 48.5 Å². The number of rotatable bonds is 2. The average molecular weight is 308 g/mol. The van der Waals surface area contributed by atoms with Gasteiger partial charge in [-0.05, 0) is 66.2 Å². The quantitative estimate of drug-likeness (QED) is 0.788. The summed E-state index contributed by atoms with van der Waals surface area (Å²) < 4.78 is 0. The lowest BCUT2D eigenvalue weighted by Gasteiger charge is -2.38. The molecule has 120 valence electrons. The first kappa shape index (κ1) is 14.6. The van der Waals surface area contributed by atoms with Crippen molar-refractivity contribution >= 4 is 0 Å². The maximum absolute atomic E-state index is 10.4. The number of phenolic OH excluding ortho intramolecular Hbond substituents is 2. The molecular weight excluding hydrogens is 284 g/mol. The van der Waals surface area contributed by atoms with E-state index in [0.29, 0.717) is 23.3 Å². The number of phenols is 2. The van der Waals surface area contributed by atoms with Crippen molar-refractivity contribution in [1.82, 2.24) is 0 Å². The lowest BCUT2D eigenvalue weighted by Crippen LogP contribution is -2.27. The molecule has 2 saturated carbocycles. The molecule has 0 aromatic heterocycles. The predicted molar refractivity (Wildman–Crippen MR) is 91.8 cm³/mol. The van der Waals surface area contributed by atoms with E-state index in [2.05, 4.69) is 12.1 Å². The molecule has 0 radical (unpaired) electrons. The summed E-state index contributed by atoms with van der Waals surface area (Å²) in [5.74, 6) is 1.66. The Morgan fingerprint density at radius 3 is 1.57 bits per heavy atom. The van der Waals surface area contributed by atoms with Gasteiger partial charge in [-0.1, -0.05) is 49.2 Å². The molecule has 0 amide bonds. The molecule has 1 spiro atoms. The van der Waals surface area contributed by atoms with E-state index in [4.69, 9.17) is 0 Å². The summed E-state index contributed by atoms with van der Waals surface area (Å²) in [4.78, 5) is 0. The zero-order valence-corrected chi connectivity index (χ0v) is 13.4. The predicted octanol–water partition coefficient (Wildman–Crippen LogP) is 5.32. The van der Waals surface area contributed by atoms with Crippen molar-refractivity contribution in [1.29, 1.82) is 0 Å². The number of hydrogen-bond acceptors (Lipinski definition) is 2. The highest BCUT2D eigenvalue weighted by Gasteiger charge is 2.52. The summed E-state index contributed by atoms with van der Waals surface area (Å²) in [6, 6.07) is 15.7. The summed E-state index contributed by atoms with van der Waals surface area (Å²) in [7, 11) is 0. The second-order valence-electron chi connectivity index (χ2n) is 7.24. The molecule has 2 atom stereocenters. The molecule has 2 fully saturated rings. The van der Waals surface area contributed by atoms with Gasteiger partial charge in [0.15, 0.2) is 0 Å². The van der Waals surface area contributed by atoms with Crippen LogP contribution in [-0.2, 0) is 0 Å². The molecule has 0 heterocycles. The van der Waals surface area contributed by atoms with Gasteiger partial charge >= 0.3 is 0 Å².